The van der Waals surface area contributed by atoms with Gasteiger partial charge < -0.3 is 14.7 Å². The molecule has 0 aliphatic heterocycles. The number of ether oxygens (including phenoxy) is 1. The zero-order chi connectivity index (χ0) is 13.7. The lowest BCUT2D eigenvalue weighted by molar-refractivity contribution is 0.181. The number of nitrogens with zero attached hydrogens (tertiary/aromatic N) is 1. The van der Waals surface area contributed by atoms with Crippen LogP contribution in [0.4, 0.5) is 10.1 Å². The molecular formula is C14H22FNO2. The summed E-state index contributed by atoms with van der Waals surface area (Å²) >= 11 is 0. The van der Waals surface area contributed by atoms with Crippen molar-refractivity contribution in [3.63, 3.8) is 0 Å². The largest absolute Gasteiger partial charge is 0.389 e. The van der Waals surface area contributed by atoms with Crippen molar-refractivity contribution in [3.8, 4) is 0 Å². The van der Waals surface area contributed by atoms with Gasteiger partial charge >= 0.3 is 0 Å². The molecule has 0 aliphatic carbocycles. The zero-order valence-electron chi connectivity index (χ0n) is 11.5. The molecule has 2 atom stereocenters. The summed E-state index contributed by atoms with van der Waals surface area (Å²) in [5, 5.41) is 9.43. The topological polar surface area (TPSA) is 32.7 Å². The van der Waals surface area contributed by atoms with Crippen LogP contribution in [0.5, 0.6) is 0 Å². The Bertz CT molecular complexity index is 382. The van der Waals surface area contributed by atoms with Crippen LogP contribution in [0.25, 0.3) is 0 Å². The summed E-state index contributed by atoms with van der Waals surface area (Å²) in [6.07, 6.45) is -0.653. The molecule has 1 aromatic carbocycles. The van der Waals surface area contributed by atoms with Crippen LogP contribution >= 0.6 is 0 Å². The van der Waals surface area contributed by atoms with Crippen molar-refractivity contribution in [2.45, 2.75) is 32.9 Å². The number of hydrogen-bond acceptors (Lipinski definition) is 3. The fourth-order valence-corrected chi connectivity index (χ4v) is 2.07. The maximum absolute atomic E-state index is 14.1. The highest BCUT2D eigenvalue weighted by atomic mass is 19.1. The predicted molar refractivity (Wildman–Crippen MR) is 71.4 cm³/mol. The fourth-order valence-electron chi connectivity index (χ4n) is 2.07. The second-order valence-electron chi connectivity index (χ2n) is 4.48. The smallest absolute Gasteiger partial charge is 0.146 e. The molecule has 102 valence electrons. The van der Waals surface area contributed by atoms with Crippen LogP contribution in [-0.2, 0) is 4.74 Å². The summed E-state index contributed by atoms with van der Waals surface area (Å²) < 4.78 is 19.2. The Morgan fingerprint density at radius 3 is 2.50 bits per heavy atom. The van der Waals surface area contributed by atoms with Crippen LogP contribution in [0, 0.1) is 5.82 Å². The molecule has 0 spiro atoms. The number of hydrogen-bond donors (Lipinski definition) is 1. The van der Waals surface area contributed by atoms with Gasteiger partial charge in [0.2, 0.25) is 0 Å². The average molecular weight is 255 g/mol. The van der Waals surface area contributed by atoms with E-state index in [1.54, 1.807) is 26.2 Å². The summed E-state index contributed by atoms with van der Waals surface area (Å²) in [4.78, 5) is 1.95. The van der Waals surface area contributed by atoms with Crippen LogP contribution in [0.2, 0.25) is 0 Å². The molecule has 1 rings (SSSR count). The zero-order valence-corrected chi connectivity index (χ0v) is 11.5. The average Bonchev–Trinajstić information content (AvgIpc) is 2.32. The molecule has 0 saturated heterocycles. The molecule has 0 saturated carbocycles. The van der Waals surface area contributed by atoms with Crippen molar-refractivity contribution in [1.82, 2.24) is 0 Å². The maximum atomic E-state index is 14.1. The number of aliphatic hydroxyl groups excluding tert-OH is 1. The fraction of sp³-hybridized carbons (Fsp3) is 0.571. The molecule has 0 radical (unpaired) electrons. The van der Waals surface area contributed by atoms with Gasteiger partial charge in [-0.25, -0.2) is 4.39 Å². The normalized spacial score (nSPS) is 14.3. The minimum Gasteiger partial charge on any atom is -0.389 e. The van der Waals surface area contributed by atoms with Crippen LogP contribution in [-0.4, -0.2) is 31.4 Å². The number of aliphatic hydroxyl groups is 1. The molecule has 18 heavy (non-hydrogen) atoms. The van der Waals surface area contributed by atoms with Crippen molar-refractivity contribution in [1.29, 1.82) is 0 Å². The van der Waals surface area contributed by atoms with Gasteiger partial charge in [0.25, 0.3) is 0 Å². The number of anilines is 1. The van der Waals surface area contributed by atoms with E-state index >= 15 is 0 Å². The highest BCUT2D eigenvalue weighted by Crippen LogP contribution is 2.25. The van der Waals surface area contributed by atoms with Crippen molar-refractivity contribution >= 4 is 5.69 Å². The number of rotatable bonds is 6. The highest BCUT2D eigenvalue weighted by Gasteiger charge is 2.17. The van der Waals surface area contributed by atoms with Gasteiger partial charge in [-0.3, -0.25) is 0 Å². The SMILES string of the molecule is CCN(c1ccc([C@H](C)O)cc1F)C(C)COC. The first-order chi connectivity index (χ1) is 8.51. The van der Waals surface area contributed by atoms with Crippen molar-refractivity contribution < 1.29 is 14.2 Å². The van der Waals surface area contributed by atoms with E-state index in [1.165, 1.54) is 6.07 Å². The molecule has 0 aromatic heterocycles. The van der Waals surface area contributed by atoms with E-state index in [0.717, 1.165) is 0 Å². The molecule has 1 unspecified atom stereocenters. The molecule has 4 heteroatoms. The minimum absolute atomic E-state index is 0.104. The van der Waals surface area contributed by atoms with Crippen molar-refractivity contribution in [2.24, 2.45) is 0 Å². The lowest BCUT2D eigenvalue weighted by atomic mass is 10.1. The second-order valence-corrected chi connectivity index (χ2v) is 4.48. The quantitative estimate of drug-likeness (QED) is 0.848. The van der Waals surface area contributed by atoms with E-state index in [-0.39, 0.29) is 11.9 Å². The van der Waals surface area contributed by atoms with Crippen LogP contribution in [0.15, 0.2) is 18.2 Å². The van der Waals surface area contributed by atoms with Crippen molar-refractivity contribution in [3.05, 3.63) is 29.6 Å². The molecule has 1 aromatic rings. The van der Waals surface area contributed by atoms with E-state index in [0.29, 0.717) is 24.4 Å². The molecule has 0 bridgehead atoms. The predicted octanol–water partition coefficient (Wildman–Crippen LogP) is 2.74. The monoisotopic (exact) mass is 255 g/mol. The number of halogens is 1. The third-order valence-corrected chi connectivity index (χ3v) is 3.04. The van der Waals surface area contributed by atoms with Gasteiger partial charge in [-0.1, -0.05) is 6.07 Å². The first kappa shape index (κ1) is 14.9. The van der Waals surface area contributed by atoms with Gasteiger partial charge in [0.1, 0.15) is 5.82 Å². The van der Waals surface area contributed by atoms with Gasteiger partial charge in [0, 0.05) is 19.7 Å². The van der Waals surface area contributed by atoms with Gasteiger partial charge in [-0.2, -0.15) is 0 Å². The van der Waals surface area contributed by atoms with Crippen molar-refractivity contribution in [2.75, 3.05) is 25.2 Å². The van der Waals surface area contributed by atoms with Gasteiger partial charge in [-0.15, -0.1) is 0 Å². The van der Waals surface area contributed by atoms with E-state index in [9.17, 15) is 9.50 Å². The number of likely N-dealkylation sites (N-methyl/N-ethyl adjacent to an activating group) is 1. The van der Waals surface area contributed by atoms with Crippen LogP contribution < -0.4 is 4.90 Å². The second kappa shape index (κ2) is 6.71. The Morgan fingerprint density at radius 2 is 2.06 bits per heavy atom. The molecule has 0 aliphatic rings. The van der Waals surface area contributed by atoms with E-state index in [1.807, 2.05) is 18.7 Å². The van der Waals surface area contributed by atoms with Gasteiger partial charge in [0.15, 0.2) is 0 Å². The Balaban J connectivity index is 2.99. The highest BCUT2D eigenvalue weighted by molar-refractivity contribution is 5.50. The van der Waals surface area contributed by atoms with E-state index in [4.69, 9.17) is 4.74 Å². The lowest BCUT2D eigenvalue weighted by Gasteiger charge is -2.30. The first-order valence-corrected chi connectivity index (χ1v) is 6.24. The molecule has 3 nitrogen and oxygen atoms in total. The summed E-state index contributed by atoms with van der Waals surface area (Å²) in [5.41, 5.74) is 1.14. The Hall–Kier alpha value is -1.13. The first-order valence-electron chi connectivity index (χ1n) is 6.24. The summed E-state index contributed by atoms with van der Waals surface area (Å²) in [7, 11) is 1.64. The Labute approximate surface area is 108 Å². The molecule has 0 heterocycles. The maximum Gasteiger partial charge on any atom is 0.146 e. The molecule has 0 fully saturated rings. The molecular weight excluding hydrogens is 233 g/mol. The van der Waals surface area contributed by atoms with Gasteiger partial charge in [0.05, 0.1) is 18.4 Å². The molecule has 1 N–H and O–H groups in total. The van der Waals surface area contributed by atoms with E-state index in [2.05, 4.69) is 0 Å². The Morgan fingerprint density at radius 1 is 1.39 bits per heavy atom. The minimum atomic E-state index is -0.653. The number of methoxy groups -OCH3 is 1. The molecule has 0 amide bonds. The third kappa shape index (κ3) is 3.43. The summed E-state index contributed by atoms with van der Waals surface area (Å²) in [6.45, 7) is 6.85. The Kier molecular flexibility index (Phi) is 5.56. The third-order valence-electron chi connectivity index (χ3n) is 3.04. The lowest BCUT2D eigenvalue weighted by Crippen LogP contribution is -2.36. The van der Waals surface area contributed by atoms with Crippen LogP contribution in [0.3, 0.4) is 0 Å². The van der Waals surface area contributed by atoms with E-state index < -0.39 is 6.10 Å². The number of benzene rings is 1. The standard InChI is InChI=1S/C14H22FNO2/c1-5-16(10(2)9-18-4)14-7-6-12(11(3)17)8-13(14)15/h6-8,10-11,17H,5,9H2,1-4H3/t10?,11-/m0/s1. The van der Waals surface area contributed by atoms with Crippen LogP contribution in [0.1, 0.15) is 32.4 Å². The van der Waals surface area contributed by atoms with Gasteiger partial charge in [-0.05, 0) is 38.5 Å². The summed E-state index contributed by atoms with van der Waals surface area (Å²) in [5.74, 6) is -0.307. The summed E-state index contributed by atoms with van der Waals surface area (Å²) in [6, 6.07) is 4.97.